The average molecular weight is 318 g/mol. The minimum atomic E-state index is 0.127. The van der Waals surface area contributed by atoms with Gasteiger partial charge < -0.3 is 5.32 Å². The molecular formula is C16H16BrNO. The van der Waals surface area contributed by atoms with Crippen LogP contribution in [0.4, 0.5) is 5.69 Å². The number of rotatable bonds is 4. The molecule has 0 fully saturated rings. The summed E-state index contributed by atoms with van der Waals surface area (Å²) in [6.07, 6.45) is 7.58. The Labute approximate surface area is 122 Å². The zero-order chi connectivity index (χ0) is 13.8. The number of halogens is 1. The summed E-state index contributed by atoms with van der Waals surface area (Å²) in [5.74, 6) is 0.127. The largest absolute Gasteiger partial charge is 0.355 e. The molecule has 3 heteroatoms. The van der Waals surface area contributed by atoms with Gasteiger partial charge in [0.15, 0.2) is 5.78 Å². The van der Waals surface area contributed by atoms with Crippen LogP contribution in [0.25, 0.3) is 6.08 Å². The van der Waals surface area contributed by atoms with E-state index in [-0.39, 0.29) is 5.78 Å². The molecule has 1 aliphatic carbocycles. The van der Waals surface area contributed by atoms with Crippen molar-refractivity contribution >= 4 is 33.5 Å². The third-order valence-electron chi connectivity index (χ3n) is 3.12. The van der Waals surface area contributed by atoms with Crippen LogP contribution in [-0.4, -0.2) is 5.78 Å². The van der Waals surface area contributed by atoms with Crippen molar-refractivity contribution in [2.24, 2.45) is 0 Å². The maximum Gasteiger partial charge on any atom is 0.157 e. The van der Waals surface area contributed by atoms with E-state index in [9.17, 15) is 4.79 Å². The van der Waals surface area contributed by atoms with Gasteiger partial charge in [0, 0.05) is 27.0 Å². The molecule has 0 heterocycles. The van der Waals surface area contributed by atoms with Gasteiger partial charge in [-0.2, -0.15) is 0 Å². The molecule has 2 rings (SSSR count). The second kappa shape index (κ2) is 6.02. The fourth-order valence-electron chi connectivity index (χ4n) is 2.15. The SMILES string of the molecule is C=Cc1c(Br)cccc1NC1=C(C(C)=O)CCC=C1. The predicted molar refractivity (Wildman–Crippen MR) is 83.9 cm³/mol. The Morgan fingerprint density at radius 2 is 2.26 bits per heavy atom. The average Bonchev–Trinajstić information content (AvgIpc) is 2.39. The van der Waals surface area contributed by atoms with Crippen molar-refractivity contribution in [3.63, 3.8) is 0 Å². The minimum absolute atomic E-state index is 0.127. The molecule has 1 aromatic rings. The minimum Gasteiger partial charge on any atom is -0.355 e. The van der Waals surface area contributed by atoms with E-state index >= 15 is 0 Å². The lowest BCUT2D eigenvalue weighted by Crippen LogP contribution is -2.10. The van der Waals surface area contributed by atoms with E-state index in [0.717, 1.165) is 39.8 Å². The molecule has 0 aromatic heterocycles. The summed E-state index contributed by atoms with van der Waals surface area (Å²) >= 11 is 3.50. The van der Waals surface area contributed by atoms with Crippen molar-refractivity contribution in [3.05, 3.63) is 58.2 Å². The molecule has 0 bridgehead atoms. The Bertz CT molecular complexity index is 584. The molecule has 0 saturated heterocycles. The molecule has 0 unspecified atom stereocenters. The third kappa shape index (κ3) is 3.04. The van der Waals surface area contributed by atoms with Crippen LogP contribution in [-0.2, 0) is 4.79 Å². The summed E-state index contributed by atoms with van der Waals surface area (Å²) in [5.41, 5.74) is 3.69. The van der Waals surface area contributed by atoms with Crippen molar-refractivity contribution in [2.45, 2.75) is 19.8 Å². The van der Waals surface area contributed by atoms with E-state index in [1.54, 1.807) is 13.0 Å². The Morgan fingerprint density at radius 1 is 1.47 bits per heavy atom. The van der Waals surface area contributed by atoms with Crippen molar-refractivity contribution in [3.8, 4) is 0 Å². The van der Waals surface area contributed by atoms with Crippen LogP contribution in [0.2, 0.25) is 0 Å². The second-order valence-electron chi connectivity index (χ2n) is 4.42. The van der Waals surface area contributed by atoms with Crippen LogP contribution in [0.15, 0.2) is 52.7 Å². The van der Waals surface area contributed by atoms with Gasteiger partial charge in [-0.25, -0.2) is 0 Å². The van der Waals surface area contributed by atoms with E-state index in [4.69, 9.17) is 0 Å². The van der Waals surface area contributed by atoms with Crippen LogP contribution in [0.5, 0.6) is 0 Å². The highest BCUT2D eigenvalue weighted by Crippen LogP contribution is 2.29. The molecule has 1 N–H and O–H groups in total. The smallest absolute Gasteiger partial charge is 0.157 e. The van der Waals surface area contributed by atoms with Gasteiger partial charge in [0.1, 0.15) is 0 Å². The number of benzene rings is 1. The molecule has 0 atom stereocenters. The number of hydrogen-bond acceptors (Lipinski definition) is 2. The monoisotopic (exact) mass is 317 g/mol. The van der Waals surface area contributed by atoms with Crippen molar-refractivity contribution in [1.29, 1.82) is 0 Å². The number of nitrogens with one attached hydrogen (secondary N) is 1. The zero-order valence-corrected chi connectivity index (χ0v) is 12.5. The van der Waals surface area contributed by atoms with E-state index in [1.807, 2.05) is 24.3 Å². The van der Waals surface area contributed by atoms with Gasteiger partial charge in [-0.3, -0.25) is 4.79 Å². The van der Waals surface area contributed by atoms with Crippen LogP contribution >= 0.6 is 15.9 Å². The fourth-order valence-corrected chi connectivity index (χ4v) is 2.67. The topological polar surface area (TPSA) is 29.1 Å². The quantitative estimate of drug-likeness (QED) is 0.872. The Kier molecular flexibility index (Phi) is 4.38. The molecule has 0 amide bonds. The summed E-state index contributed by atoms with van der Waals surface area (Å²) in [4.78, 5) is 11.7. The number of carbonyl (C=O) groups excluding carboxylic acids is 1. The van der Waals surface area contributed by atoms with Crippen molar-refractivity contribution in [2.75, 3.05) is 5.32 Å². The number of allylic oxidation sites excluding steroid dienone is 3. The van der Waals surface area contributed by atoms with E-state index in [1.165, 1.54) is 0 Å². The predicted octanol–water partition coefficient (Wildman–Crippen LogP) is 4.70. The molecule has 0 saturated carbocycles. The van der Waals surface area contributed by atoms with Crippen LogP contribution in [0.1, 0.15) is 25.3 Å². The van der Waals surface area contributed by atoms with Gasteiger partial charge in [0.25, 0.3) is 0 Å². The summed E-state index contributed by atoms with van der Waals surface area (Å²) < 4.78 is 0.984. The zero-order valence-electron chi connectivity index (χ0n) is 10.9. The van der Waals surface area contributed by atoms with Gasteiger partial charge in [-0.15, -0.1) is 0 Å². The normalized spacial score (nSPS) is 14.4. The highest BCUT2D eigenvalue weighted by Gasteiger charge is 2.14. The lowest BCUT2D eigenvalue weighted by molar-refractivity contribution is -0.113. The first-order valence-corrected chi connectivity index (χ1v) is 7.01. The van der Waals surface area contributed by atoms with Gasteiger partial charge in [0.2, 0.25) is 0 Å². The molecule has 1 aromatic carbocycles. The van der Waals surface area contributed by atoms with Crippen LogP contribution in [0.3, 0.4) is 0 Å². The van der Waals surface area contributed by atoms with Gasteiger partial charge in [0.05, 0.1) is 0 Å². The molecular weight excluding hydrogens is 302 g/mol. The molecule has 98 valence electrons. The van der Waals surface area contributed by atoms with Crippen LogP contribution in [0, 0.1) is 0 Å². The first-order chi connectivity index (χ1) is 9.13. The third-order valence-corrected chi connectivity index (χ3v) is 3.81. The lowest BCUT2D eigenvalue weighted by Gasteiger charge is -2.17. The van der Waals surface area contributed by atoms with Gasteiger partial charge in [-0.05, 0) is 38.0 Å². The molecule has 0 aliphatic heterocycles. The fraction of sp³-hybridized carbons (Fsp3) is 0.188. The Morgan fingerprint density at radius 3 is 2.95 bits per heavy atom. The first kappa shape index (κ1) is 13.8. The Balaban J connectivity index is 2.40. The summed E-state index contributed by atoms with van der Waals surface area (Å²) in [6.45, 7) is 5.45. The van der Waals surface area contributed by atoms with E-state index in [0.29, 0.717) is 0 Å². The van der Waals surface area contributed by atoms with Crippen molar-refractivity contribution < 1.29 is 4.79 Å². The summed E-state index contributed by atoms with van der Waals surface area (Å²) in [6, 6.07) is 5.91. The molecule has 2 nitrogen and oxygen atoms in total. The lowest BCUT2D eigenvalue weighted by atomic mass is 9.98. The van der Waals surface area contributed by atoms with Gasteiger partial charge >= 0.3 is 0 Å². The molecule has 1 aliphatic rings. The number of carbonyl (C=O) groups is 1. The van der Waals surface area contributed by atoms with E-state index in [2.05, 4.69) is 33.9 Å². The highest BCUT2D eigenvalue weighted by atomic mass is 79.9. The van der Waals surface area contributed by atoms with Crippen LogP contribution < -0.4 is 5.32 Å². The number of ketones is 1. The Hall–Kier alpha value is -1.61. The van der Waals surface area contributed by atoms with Gasteiger partial charge in [-0.1, -0.05) is 40.7 Å². The standard InChI is InChI=1S/C16H16BrNO/c1-3-12-14(17)8-6-10-15(12)18-16-9-5-4-7-13(16)11(2)19/h3,5-6,8-10,18H,1,4,7H2,2H3. The van der Waals surface area contributed by atoms with E-state index < -0.39 is 0 Å². The highest BCUT2D eigenvalue weighted by molar-refractivity contribution is 9.10. The maximum absolute atomic E-state index is 11.7. The summed E-state index contributed by atoms with van der Waals surface area (Å²) in [5, 5.41) is 3.34. The molecule has 0 radical (unpaired) electrons. The first-order valence-electron chi connectivity index (χ1n) is 6.22. The molecule has 19 heavy (non-hydrogen) atoms. The summed E-state index contributed by atoms with van der Waals surface area (Å²) in [7, 11) is 0. The maximum atomic E-state index is 11.7. The number of hydrogen-bond donors (Lipinski definition) is 1. The second-order valence-corrected chi connectivity index (χ2v) is 5.27. The number of anilines is 1. The molecule has 0 spiro atoms. The van der Waals surface area contributed by atoms with Crippen molar-refractivity contribution in [1.82, 2.24) is 0 Å². The number of Topliss-reactive ketones (excluding diaryl/α,β-unsaturated/α-hetero) is 1.